The Bertz CT molecular complexity index is 811. The molecule has 4 heteroatoms. The number of nitrogens with one attached hydrogen (secondary N) is 1. The Morgan fingerprint density at radius 2 is 1.76 bits per heavy atom. The second-order valence-corrected chi connectivity index (χ2v) is 8.76. The van der Waals surface area contributed by atoms with Crippen molar-refractivity contribution in [1.82, 2.24) is 0 Å². The van der Waals surface area contributed by atoms with E-state index >= 15 is 0 Å². The van der Waals surface area contributed by atoms with Crippen molar-refractivity contribution in [2.45, 2.75) is 54.4 Å². The van der Waals surface area contributed by atoms with E-state index < -0.39 is 5.41 Å². The molecule has 0 aromatic heterocycles. The lowest BCUT2D eigenvalue weighted by Gasteiger charge is -2.24. The van der Waals surface area contributed by atoms with Gasteiger partial charge in [0.2, 0.25) is 5.91 Å². The van der Waals surface area contributed by atoms with Gasteiger partial charge in [0.05, 0.1) is 18.9 Å². The average molecular weight is 398 g/mol. The fourth-order valence-corrected chi connectivity index (χ4v) is 2.92. The van der Waals surface area contributed by atoms with E-state index in [1.807, 2.05) is 45.0 Å². The van der Waals surface area contributed by atoms with E-state index in [1.165, 1.54) is 5.56 Å². The average Bonchev–Trinajstić information content (AvgIpc) is 2.67. The molecule has 29 heavy (non-hydrogen) atoms. The predicted octanol–water partition coefficient (Wildman–Crippen LogP) is 6.16. The molecule has 0 fully saturated rings. The van der Waals surface area contributed by atoms with Gasteiger partial charge in [0.25, 0.3) is 0 Å². The lowest BCUT2D eigenvalue weighted by molar-refractivity contribution is -0.124. The third-order valence-corrected chi connectivity index (χ3v) is 4.87. The molecule has 2 rings (SSSR count). The minimum atomic E-state index is -0.504. The van der Waals surface area contributed by atoms with E-state index in [9.17, 15) is 4.79 Å². The first-order valence-electron chi connectivity index (χ1n) is 10.4. The minimum Gasteiger partial charge on any atom is -0.493 e. The molecule has 2 aromatic carbocycles. The molecule has 0 radical (unpaired) electrons. The van der Waals surface area contributed by atoms with Gasteiger partial charge in [-0.1, -0.05) is 52.0 Å². The van der Waals surface area contributed by atoms with Crippen LogP contribution in [0.1, 0.15) is 51.7 Å². The highest BCUT2D eigenvalue weighted by molar-refractivity contribution is 5.96. The Morgan fingerprint density at radius 3 is 2.48 bits per heavy atom. The zero-order valence-electron chi connectivity index (χ0n) is 18.7. The number of para-hydroxylation sites is 2. The van der Waals surface area contributed by atoms with Gasteiger partial charge >= 0.3 is 0 Å². The first kappa shape index (κ1) is 22.8. The highest BCUT2D eigenvalue weighted by Crippen LogP contribution is 2.29. The van der Waals surface area contributed by atoms with Crippen LogP contribution in [0.4, 0.5) is 5.69 Å². The van der Waals surface area contributed by atoms with Gasteiger partial charge in [0, 0.05) is 5.41 Å². The topological polar surface area (TPSA) is 47.6 Å². The molecule has 0 aliphatic rings. The van der Waals surface area contributed by atoms with Crippen LogP contribution >= 0.6 is 0 Å². The summed E-state index contributed by atoms with van der Waals surface area (Å²) in [4.78, 5) is 12.9. The number of carbonyl (C=O) groups is 1. The number of benzene rings is 2. The lowest BCUT2D eigenvalue weighted by atomic mass is 9.87. The molecule has 0 saturated heterocycles. The molecule has 2 aromatic rings. The van der Waals surface area contributed by atoms with Crippen molar-refractivity contribution in [1.29, 1.82) is 0 Å². The fraction of sp³-hybridized carbons (Fsp3) is 0.480. The molecule has 0 heterocycles. The van der Waals surface area contributed by atoms with Crippen molar-refractivity contribution in [2.75, 3.05) is 18.5 Å². The number of aryl methyl sites for hydroxylation is 2. The highest BCUT2D eigenvalue weighted by atomic mass is 16.5. The third-order valence-electron chi connectivity index (χ3n) is 4.87. The van der Waals surface area contributed by atoms with Crippen LogP contribution in [0.2, 0.25) is 0 Å². The van der Waals surface area contributed by atoms with Crippen molar-refractivity contribution in [2.24, 2.45) is 11.3 Å². The molecule has 0 unspecified atom stereocenters. The van der Waals surface area contributed by atoms with Crippen LogP contribution in [0.3, 0.4) is 0 Å². The van der Waals surface area contributed by atoms with Crippen molar-refractivity contribution in [3.63, 3.8) is 0 Å². The van der Waals surface area contributed by atoms with Crippen LogP contribution in [0, 0.1) is 25.2 Å². The molecule has 0 aliphatic heterocycles. The maximum Gasteiger partial charge on any atom is 0.230 e. The molecule has 1 amide bonds. The number of carbonyl (C=O) groups excluding carboxylic acids is 1. The third kappa shape index (κ3) is 7.12. The van der Waals surface area contributed by atoms with E-state index in [0.29, 0.717) is 24.9 Å². The number of amides is 1. The Balaban J connectivity index is 1.89. The molecule has 0 saturated carbocycles. The summed E-state index contributed by atoms with van der Waals surface area (Å²) in [6, 6.07) is 13.8. The van der Waals surface area contributed by atoms with Gasteiger partial charge in [-0.05, 0) is 61.9 Å². The van der Waals surface area contributed by atoms with Crippen LogP contribution in [0.15, 0.2) is 42.5 Å². The lowest BCUT2D eigenvalue weighted by Crippen LogP contribution is -2.31. The number of anilines is 1. The van der Waals surface area contributed by atoms with E-state index in [2.05, 4.69) is 44.3 Å². The molecule has 0 spiro atoms. The van der Waals surface area contributed by atoms with Crippen LogP contribution in [-0.4, -0.2) is 19.1 Å². The summed E-state index contributed by atoms with van der Waals surface area (Å²) >= 11 is 0. The molecule has 0 atom stereocenters. The smallest absolute Gasteiger partial charge is 0.230 e. The standard InChI is InChI=1S/C25H35NO3/c1-18(2)17-29-22-11-8-7-10-21(22)26-24(27)25(5,6)14-9-15-28-23-16-19(3)12-13-20(23)4/h7-8,10-13,16,18H,9,14-15,17H2,1-6H3,(H,26,27). The highest BCUT2D eigenvalue weighted by Gasteiger charge is 2.28. The van der Waals surface area contributed by atoms with Gasteiger partial charge in [-0.25, -0.2) is 0 Å². The van der Waals surface area contributed by atoms with E-state index in [4.69, 9.17) is 9.47 Å². The number of rotatable bonds is 10. The number of ether oxygens (including phenoxy) is 2. The van der Waals surface area contributed by atoms with Crippen molar-refractivity contribution >= 4 is 11.6 Å². The quantitative estimate of drug-likeness (QED) is 0.488. The molecule has 0 bridgehead atoms. The van der Waals surface area contributed by atoms with Crippen LogP contribution in [0.25, 0.3) is 0 Å². The van der Waals surface area contributed by atoms with Gasteiger partial charge in [0.1, 0.15) is 11.5 Å². The van der Waals surface area contributed by atoms with E-state index in [0.717, 1.165) is 29.8 Å². The molecule has 0 aliphatic carbocycles. The summed E-state index contributed by atoms with van der Waals surface area (Å²) in [6.45, 7) is 13.5. The minimum absolute atomic E-state index is 0.00941. The van der Waals surface area contributed by atoms with Gasteiger partial charge in [-0.15, -0.1) is 0 Å². The summed E-state index contributed by atoms with van der Waals surface area (Å²) in [7, 11) is 0. The Kier molecular flexibility index (Phi) is 8.12. The monoisotopic (exact) mass is 397 g/mol. The van der Waals surface area contributed by atoms with Gasteiger partial charge < -0.3 is 14.8 Å². The van der Waals surface area contributed by atoms with E-state index in [-0.39, 0.29) is 5.91 Å². The maximum absolute atomic E-state index is 12.9. The summed E-state index contributed by atoms with van der Waals surface area (Å²) in [5.74, 6) is 2.05. The largest absolute Gasteiger partial charge is 0.493 e. The molecular weight excluding hydrogens is 362 g/mol. The van der Waals surface area contributed by atoms with Gasteiger partial charge in [-0.2, -0.15) is 0 Å². The van der Waals surface area contributed by atoms with Crippen LogP contribution in [-0.2, 0) is 4.79 Å². The number of hydrogen-bond acceptors (Lipinski definition) is 3. The predicted molar refractivity (Wildman–Crippen MR) is 120 cm³/mol. The molecule has 158 valence electrons. The SMILES string of the molecule is Cc1ccc(C)c(OCCCC(C)(C)C(=O)Nc2ccccc2OCC(C)C)c1. The second kappa shape index (κ2) is 10.3. The summed E-state index contributed by atoms with van der Waals surface area (Å²) in [6.07, 6.45) is 1.54. The molecule has 4 nitrogen and oxygen atoms in total. The Morgan fingerprint density at radius 1 is 1.03 bits per heavy atom. The van der Waals surface area contributed by atoms with Crippen molar-refractivity contribution in [3.8, 4) is 11.5 Å². The second-order valence-electron chi connectivity index (χ2n) is 8.76. The first-order valence-corrected chi connectivity index (χ1v) is 10.4. The van der Waals surface area contributed by atoms with Crippen molar-refractivity contribution in [3.05, 3.63) is 53.6 Å². The van der Waals surface area contributed by atoms with Crippen LogP contribution in [0.5, 0.6) is 11.5 Å². The zero-order chi connectivity index (χ0) is 21.4. The first-order chi connectivity index (χ1) is 13.7. The van der Waals surface area contributed by atoms with E-state index in [1.54, 1.807) is 0 Å². The molecule has 1 N–H and O–H groups in total. The summed E-state index contributed by atoms with van der Waals surface area (Å²) in [5.41, 5.74) is 2.53. The normalized spacial score (nSPS) is 11.4. The van der Waals surface area contributed by atoms with Crippen LogP contribution < -0.4 is 14.8 Å². The number of hydrogen-bond donors (Lipinski definition) is 1. The van der Waals surface area contributed by atoms with Crippen molar-refractivity contribution < 1.29 is 14.3 Å². The maximum atomic E-state index is 12.9. The Hall–Kier alpha value is -2.49. The van der Waals surface area contributed by atoms with Gasteiger partial charge in [0.15, 0.2) is 0 Å². The zero-order valence-corrected chi connectivity index (χ0v) is 18.7. The summed E-state index contributed by atoms with van der Waals surface area (Å²) in [5, 5.41) is 3.04. The fourth-order valence-electron chi connectivity index (χ4n) is 2.92. The summed E-state index contributed by atoms with van der Waals surface area (Å²) < 4.78 is 11.8. The Labute approximate surface area is 175 Å². The molecular formula is C25H35NO3. The van der Waals surface area contributed by atoms with Gasteiger partial charge in [-0.3, -0.25) is 4.79 Å².